The van der Waals surface area contributed by atoms with E-state index < -0.39 is 12.8 Å². The fraction of sp³-hybridized carbons (Fsp3) is 0.500. The number of ether oxygens (including phenoxy) is 1. The van der Waals surface area contributed by atoms with Gasteiger partial charge in [0, 0.05) is 26.6 Å². The van der Waals surface area contributed by atoms with Crippen LogP contribution in [-0.4, -0.2) is 45.4 Å². The van der Waals surface area contributed by atoms with Gasteiger partial charge >= 0.3 is 6.18 Å². The molecule has 0 aliphatic rings. The second kappa shape index (κ2) is 8.88. The van der Waals surface area contributed by atoms with Crippen molar-refractivity contribution < 1.29 is 22.7 Å². The molecule has 0 fully saturated rings. The summed E-state index contributed by atoms with van der Waals surface area (Å²) in [6, 6.07) is 3.50. The van der Waals surface area contributed by atoms with Crippen LogP contribution in [-0.2, 0) is 17.9 Å². The second-order valence-electron chi connectivity index (χ2n) is 6.47. The van der Waals surface area contributed by atoms with E-state index in [0.717, 1.165) is 5.56 Å². The number of carbonyl (C=O) groups excluding carboxylic acids is 1. The van der Waals surface area contributed by atoms with E-state index in [-0.39, 0.29) is 11.7 Å². The van der Waals surface area contributed by atoms with Gasteiger partial charge in [0.2, 0.25) is 5.91 Å². The van der Waals surface area contributed by atoms with Gasteiger partial charge in [-0.2, -0.15) is 18.3 Å². The van der Waals surface area contributed by atoms with E-state index in [0.29, 0.717) is 37.1 Å². The molecule has 0 aliphatic carbocycles. The Labute approximate surface area is 155 Å². The lowest BCUT2D eigenvalue weighted by molar-refractivity contribution is -0.153. The number of nitrogens with zero attached hydrogens (tertiary/aromatic N) is 4. The first-order chi connectivity index (χ1) is 12.7. The third-order valence-electron chi connectivity index (χ3n) is 3.99. The molecule has 0 aliphatic heterocycles. The number of carbonyl (C=O) groups is 1. The summed E-state index contributed by atoms with van der Waals surface area (Å²) in [4.78, 5) is 17.7. The average molecular weight is 384 g/mol. The summed E-state index contributed by atoms with van der Waals surface area (Å²) in [5.41, 5.74) is 2.07. The predicted molar refractivity (Wildman–Crippen MR) is 93.2 cm³/mol. The van der Waals surface area contributed by atoms with Crippen LogP contribution in [0.2, 0.25) is 0 Å². The average Bonchev–Trinajstić information content (AvgIpc) is 3.06. The number of hydrogen-bond acceptors (Lipinski definition) is 4. The molecule has 0 saturated heterocycles. The van der Waals surface area contributed by atoms with Crippen LogP contribution in [0.25, 0.3) is 0 Å². The molecule has 1 aromatic carbocycles. The molecule has 0 saturated carbocycles. The Bertz CT molecular complexity index is 737. The van der Waals surface area contributed by atoms with Crippen molar-refractivity contribution in [3.8, 4) is 5.75 Å². The molecule has 0 unspecified atom stereocenters. The maximum Gasteiger partial charge on any atom is 0.422 e. The van der Waals surface area contributed by atoms with Crippen LogP contribution in [0.4, 0.5) is 13.2 Å². The van der Waals surface area contributed by atoms with Crippen molar-refractivity contribution in [3.63, 3.8) is 0 Å². The van der Waals surface area contributed by atoms with Crippen molar-refractivity contribution >= 4 is 5.91 Å². The van der Waals surface area contributed by atoms with Gasteiger partial charge in [0.1, 0.15) is 18.4 Å². The number of aryl methyl sites for hydroxylation is 3. The Kier molecular flexibility index (Phi) is 6.81. The Balaban J connectivity index is 1.90. The SMILES string of the molecule is Cc1cc(CN(C)C(=O)CCCn2cncn2)cc(C)c1OCC(F)(F)F. The van der Waals surface area contributed by atoms with Gasteiger partial charge in [-0.25, -0.2) is 4.98 Å². The van der Waals surface area contributed by atoms with Crippen LogP contribution >= 0.6 is 0 Å². The second-order valence-corrected chi connectivity index (χ2v) is 6.47. The number of benzene rings is 1. The fourth-order valence-electron chi connectivity index (χ4n) is 2.81. The first kappa shape index (κ1) is 20.7. The van der Waals surface area contributed by atoms with Gasteiger partial charge < -0.3 is 9.64 Å². The summed E-state index contributed by atoms with van der Waals surface area (Å²) in [5.74, 6) is 0.223. The smallest absolute Gasteiger partial charge is 0.422 e. The summed E-state index contributed by atoms with van der Waals surface area (Å²) in [5, 5.41) is 3.98. The number of halogens is 3. The zero-order valence-electron chi connectivity index (χ0n) is 15.6. The summed E-state index contributed by atoms with van der Waals surface area (Å²) in [6.07, 6.45) is -0.310. The molecule has 27 heavy (non-hydrogen) atoms. The van der Waals surface area contributed by atoms with Gasteiger partial charge in [-0.15, -0.1) is 0 Å². The lowest BCUT2D eigenvalue weighted by Crippen LogP contribution is -2.26. The first-order valence-corrected chi connectivity index (χ1v) is 8.52. The third kappa shape index (κ3) is 6.58. The van der Waals surface area contributed by atoms with Crippen LogP contribution in [0.1, 0.15) is 29.5 Å². The number of rotatable bonds is 8. The standard InChI is InChI=1S/C18H23F3N4O2/c1-13-7-15(8-14(2)17(13)27-10-18(19,20)21)9-24(3)16(26)5-4-6-25-12-22-11-23-25/h7-8,11-12H,4-6,9-10H2,1-3H3. The molecule has 0 atom stereocenters. The molecule has 0 bridgehead atoms. The molecule has 9 heteroatoms. The van der Waals surface area contributed by atoms with Gasteiger partial charge in [0.25, 0.3) is 0 Å². The van der Waals surface area contributed by atoms with E-state index >= 15 is 0 Å². The van der Waals surface area contributed by atoms with Crippen molar-refractivity contribution in [1.29, 1.82) is 0 Å². The van der Waals surface area contributed by atoms with Gasteiger partial charge in [-0.05, 0) is 37.0 Å². The van der Waals surface area contributed by atoms with Crippen molar-refractivity contribution in [2.75, 3.05) is 13.7 Å². The molecule has 1 amide bonds. The number of amides is 1. The van der Waals surface area contributed by atoms with Crippen LogP contribution in [0.15, 0.2) is 24.8 Å². The molecule has 148 valence electrons. The first-order valence-electron chi connectivity index (χ1n) is 8.52. The van der Waals surface area contributed by atoms with E-state index in [1.165, 1.54) is 6.33 Å². The minimum Gasteiger partial charge on any atom is -0.484 e. The summed E-state index contributed by atoms with van der Waals surface area (Å²) in [7, 11) is 1.70. The molecule has 6 nitrogen and oxygen atoms in total. The summed E-state index contributed by atoms with van der Waals surface area (Å²) >= 11 is 0. The van der Waals surface area contributed by atoms with Crippen LogP contribution in [0.3, 0.4) is 0 Å². The lowest BCUT2D eigenvalue weighted by Gasteiger charge is -2.20. The Morgan fingerprint density at radius 1 is 1.26 bits per heavy atom. The van der Waals surface area contributed by atoms with Gasteiger partial charge in [-0.3, -0.25) is 9.48 Å². The minimum absolute atomic E-state index is 0.0113. The molecule has 2 rings (SSSR count). The fourth-order valence-corrected chi connectivity index (χ4v) is 2.81. The van der Waals surface area contributed by atoms with E-state index in [1.54, 1.807) is 48.9 Å². The molecular weight excluding hydrogens is 361 g/mol. The van der Waals surface area contributed by atoms with E-state index in [9.17, 15) is 18.0 Å². The maximum atomic E-state index is 12.4. The molecular formula is C18H23F3N4O2. The predicted octanol–water partition coefficient (Wildman–Crippen LogP) is 3.27. The summed E-state index contributed by atoms with van der Waals surface area (Å²) < 4.78 is 43.7. The topological polar surface area (TPSA) is 60.2 Å². The quantitative estimate of drug-likeness (QED) is 0.701. The largest absolute Gasteiger partial charge is 0.484 e. The Morgan fingerprint density at radius 2 is 1.93 bits per heavy atom. The molecule has 1 heterocycles. The highest BCUT2D eigenvalue weighted by atomic mass is 19.4. The van der Waals surface area contributed by atoms with Crippen molar-refractivity contribution in [2.45, 2.75) is 46.0 Å². The monoisotopic (exact) mass is 384 g/mol. The number of alkyl halides is 3. The van der Waals surface area contributed by atoms with Gasteiger partial charge in [-0.1, -0.05) is 12.1 Å². The normalized spacial score (nSPS) is 11.5. The number of aromatic nitrogens is 3. The zero-order chi connectivity index (χ0) is 20.0. The molecule has 2 aromatic rings. The maximum absolute atomic E-state index is 12.4. The van der Waals surface area contributed by atoms with E-state index in [4.69, 9.17) is 4.74 Å². The van der Waals surface area contributed by atoms with Crippen LogP contribution in [0, 0.1) is 13.8 Å². The molecule has 0 radical (unpaired) electrons. The van der Waals surface area contributed by atoms with Crippen molar-refractivity contribution in [3.05, 3.63) is 41.5 Å². The Morgan fingerprint density at radius 3 is 2.48 bits per heavy atom. The van der Waals surface area contributed by atoms with Gasteiger partial charge in [0.15, 0.2) is 6.61 Å². The molecule has 1 aromatic heterocycles. The Hall–Kier alpha value is -2.58. The van der Waals surface area contributed by atoms with E-state index in [1.807, 2.05) is 0 Å². The van der Waals surface area contributed by atoms with Crippen LogP contribution in [0.5, 0.6) is 5.75 Å². The summed E-state index contributed by atoms with van der Waals surface area (Å²) in [6.45, 7) is 3.06. The van der Waals surface area contributed by atoms with E-state index in [2.05, 4.69) is 10.1 Å². The highest BCUT2D eigenvalue weighted by Crippen LogP contribution is 2.27. The van der Waals surface area contributed by atoms with Gasteiger partial charge in [0.05, 0.1) is 0 Å². The zero-order valence-corrected chi connectivity index (χ0v) is 15.6. The lowest BCUT2D eigenvalue weighted by atomic mass is 10.1. The molecule has 0 N–H and O–H groups in total. The van der Waals surface area contributed by atoms with Crippen molar-refractivity contribution in [1.82, 2.24) is 19.7 Å². The number of hydrogen-bond donors (Lipinski definition) is 0. The third-order valence-corrected chi connectivity index (χ3v) is 3.99. The highest BCUT2D eigenvalue weighted by molar-refractivity contribution is 5.75. The minimum atomic E-state index is -4.38. The van der Waals surface area contributed by atoms with Crippen LogP contribution < -0.4 is 4.74 Å². The van der Waals surface area contributed by atoms with Crippen molar-refractivity contribution in [2.24, 2.45) is 0 Å². The molecule has 0 spiro atoms. The highest BCUT2D eigenvalue weighted by Gasteiger charge is 2.29.